The van der Waals surface area contributed by atoms with Gasteiger partial charge in [0.25, 0.3) is 10.1 Å². The van der Waals surface area contributed by atoms with E-state index in [4.69, 9.17) is 31.2 Å². The van der Waals surface area contributed by atoms with Crippen molar-refractivity contribution in [2.45, 2.75) is 43.8 Å². The number of hydrogen-bond donors (Lipinski definition) is 6. The van der Waals surface area contributed by atoms with Crippen LogP contribution < -0.4 is 11.5 Å². The highest BCUT2D eigenvalue weighted by molar-refractivity contribution is 7.87. The zero-order valence-electron chi connectivity index (χ0n) is 15.0. The zero-order valence-corrected chi connectivity index (χ0v) is 15.8. The zero-order chi connectivity index (χ0) is 20.5. The number of carbonyl (C=O) groups is 1. The van der Waals surface area contributed by atoms with E-state index < -0.39 is 34.0 Å². The minimum absolute atomic E-state index is 0.189. The third-order valence-electron chi connectivity index (χ3n) is 4.53. The van der Waals surface area contributed by atoms with Gasteiger partial charge in [-0.3, -0.25) is 9.35 Å². The van der Waals surface area contributed by atoms with Gasteiger partial charge in [0.15, 0.2) is 0 Å². The predicted molar refractivity (Wildman–Crippen MR) is 99.8 cm³/mol. The molecule has 0 spiro atoms. The molecule has 0 aromatic carbocycles. The van der Waals surface area contributed by atoms with Crippen molar-refractivity contribution in [3.05, 3.63) is 24.3 Å². The summed E-state index contributed by atoms with van der Waals surface area (Å²) in [7, 11) is -5.36. The molecule has 1 aliphatic carbocycles. The summed E-state index contributed by atoms with van der Waals surface area (Å²) in [6.07, 6.45) is 7.87. The van der Waals surface area contributed by atoms with Gasteiger partial charge in [0.2, 0.25) is 0 Å². The van der Waals surface area contributed by atoms with E-state index in [0.717, 1.165) is 0 Å². The number of nitrogens with two attached hydrogens (primary N) is 2. The average Bonchev–Trinajstić information content (AvgIpc) is 2.53. The summed E-state index contributed by atoms with van der Waals surface area (Å²) in [5, 5.41) is 25.7. The Morgan fingerprint density at radius 1 is 1.35 bits per heavy atom. The standard InChI is InChI=1S/C8H12O3S.C7H17BN2O4/c1-7-5-3-4-6-8(7,2)12(9,10)11;9-4-5(6(10)7(11)12)2-1-3-8(13)14/h3-7H,1-2H3,(H,9,10,11);5-6,13-14H,1-4,9-10H2,(H,11,12)/t;5-,6+/m.1/s1. The first-order valence-electron chi connectivity index (χ1n) is 8.24. The van der Waals surface area contributed by atoms with Crippen LogP contribution in [0.2, 0.25) is 6.32 Å². The Kier molecular flexibility index (Phi) is 10.3. The molecule has 0 amide bonds. The van der Waals surface area contributed by atoms with Gasteiger partial charge >= 0.3 is 13.1 Å². The van der Waals surface area contributed by atoms with Crippen molar-refractivity contribution in [2.24, 2.45) is 23.3 Å². The van der Waals surface area contributed by atoms with Gasteiger partial charge in [-0.05, 0) is 38.0 Å². The number of carboxylic acids is 1. The van der Waals surface area contributed by atoms with Crippen molar-refractivity contribution in [2.75, 3.05) is 6.54 Å². The van der Waals surface area contributed by atoms with Crippen molar-refractivity contribution in [1.29, 1.82) is 0 Å². The highest BCUT2D eigenvalue weighted by atomic mass is 32.2. The molecule has 11 heteroatoms. The summed E-state index contributed by atoms with van der Waals surface area (Å²) in [5.41, 5.74) is 10.7. The lowest BCUT2D eigenvalue weighted by molar-refractivity contribution is -0.139. The van der Waals surface area contributed by atoms with Crippen molar-refractivity contribution >= 4 is 23.2 Å². The fourth-order valence-electron chi connectivity index (χ4n) is 2.35. The average molecular weight is 392 g/mol. The molecule has 0 saturated heterocycles. The lowest BCUT2D eigenvalue weighted by Gasteiger charge is -2.29. The van der Waals surface area contributed by atoms with Gasteiger partial charge in [-0.15, -0.1) is 0 Å². The summed E-state index contributed by atoms with van der Waals surface area (Å²) >= 11 is 0. The summed E-state index contributed by atoms with van der Waals surface area (Å²) in [5.74, 6) is -1.59. The first-order chi connectivity index (χ1) is 11.9. The maximum Gasteiger partial charge on any atom is 0.451 e. The summed E-state index contributed by atoms with van der Waals surface area (Å²) < 4.78 is 29.8. The van der Waals surface area contributed by atoms with Gasteiger partial charge in [-0.1, -0.05) is 37.6 Å². The smallest absolute Gasteiger partial charge is 0.451 e. The minimum atomic E-state index is -4.01. The van der Waals surface area contributed by atoms with Crippen LogP contribution in [0.3, 0.4) is 0 Å². The molecule has 1 aliphatic rings. The highest BCUT2D eigenvalue weighted by Gasteiger charge is 2.40. The molecule has 1 rings (SSSR count). The Hall–Kier alpha value is -1.24. The molecule has 0 aliphatic heterocycles. The van der Waals surface area contributed by atoms with Crippen LogP contribution in [-0.4, -0.2) is 58.5 Å². The summed E-state index contributed by atoms with van der Waals surface area (Å²) in [4.78, 5) is 10.5. The Morgan fingerprint density at radius 3 is 2.27 bits per heavy atom. The molecule has 0 aromatic rings. The van der Waals surface area contributed by atoms with Crippen LogP contribution in [0.4, 0.5) is 0 Å². The second kappa shape index (κ2) is 10.8. The van der Waals surface area contributed by atoms with Crippen LogP contribution in [0.25, 0.3) is 0 Å². The van der Waals surface area contributed by atoms with Crippen LogP contribution in [0.1, 0.15) is 26.7 Å². The lowest BCUT2D eigenvalue weighted by atomic mass is 9.81. The van der Waals surface area contributed by atoms with Gasteiger partial charge in [0.05, 0.1) is 0 Å². The largest absolute Gasteiger partial charge is 0.480 e. The van der Waals surface area contributed by atoms with Gasteiger partial charge in [0, 0.05) is 0 Å². The lowest BCUT2D eigenvalue weighted by Crippen LogP contribution is -2.41. The number of rotatable bonds is 8. The van der Waals surface area contributed by atoms with E-state index in [0.29, 0.717) is 12.8 Å². The molecular formula is C15H29BN2O7S. The summed E-state index contributed by atoms with van der Waals surface area (Å²) in [6, 6.07) is -0.976. The quantitative estimate of drug-likeness (QED) is 0.237. The minimum Gasteiger partial charge on any atom is -0.480 e. The van der Waals surface area contributed by atoms with Crippen LogP contribution in [-0.2, 0) is 14.9 Å². The maximum absolute atomic E-state index is 11.0. The van der Waals surface area contributed by atoms with E-state index in [1.165, 1.54) is 13.0 Å². The molecule has 0 fully saturated rings. The van der Waals surface area contributed by atoms with Crippen molar-refractivity contribution in [1.82, 2.24) is 0 Å². The van der Waals surface area contributed by atoms with Crippen LogP contribution in [0.5, 0.6) is 0 Å². The molecule has 0 saturated carbocycles. The maximum atomic E-state index is 11.0. The summed E-state index contributed by atoms with van der Waals surface area (Å²) in [6.45, 7) is 3.45. The van der Waals surface area contributed by atoms with E-state index in [9.17, 15) is 13.2 Å². The Bertz CT molecular complexity index is 609. The molecule has 26 heavy (non-hydrogen) atoms. The third kappa shape index (κ3) is 7.56. The van der Waals surface area contributed by atoms with Crippen molar-refractivity contribution in [3.8, 4) is 0 Å². The van der Waals surface area contributed by atoms with Crippen molar-refractivity contribution in [3.63, 3.8) is 0 Å². The Morgan fingerprint density at radius 2 is 1.92 bits per heavy atom. The van der Waals surface area contributed by atoms with Crippen LogP contribution >= 0.6 is 0 Å². The number of allylic oxidation sites excluding steroid dienone is 3. The predicted octanol–water partition coefficient (Wildman–Crippen LogP) is -0.379. The fourth-order valence-corrected chi connectivity index (χ4v) is 3.15. The monoisotopic (exact) mass is 392 g/mol. The normalized spacial score (nSPS) is 24.3. The Labute approximate surface area is 154 Å². The van der Waals surface area contributed by atoms with Gasteiger partial charge in [-0.25, -0.2) is 0 Å². The van der Waals surface area contributed by atoms with Crippen LogP contribution in [0.15, 0.2) is 24.3 Å². The molecule has 0 aromatic heterocycles. The van der Waals surface area contributed by atoms with Gasteiger partial charge in [0.1, 0.15) is 10.8 Å². The Balaban J connectivity index is 0.000000485. The molecule has 150 valence electrons. The number of carboxylic acid groups (broad SMARTS) is 1. The number of aliphatic carboxylic acids is 1. The first-order valence-corrected chi connectivity index (χ1v) is 9.68. The molecule has 4 atom stereocenters. The molecule has 9 nitrogen and oxygen atoms in total. The molecule has 0 bridgehead atoms. The van der Waals surface area contributed by atoms with E-state index in [1.807, 2.05) is 0 Å². The van der Waals surface area contributed by atoms with Crippen LogP contribution in [0, 0.1) is 11.8 Å². The first kappa shape index (κ1) is 24.8. The van der Waals surface area contributed by atoms with E-state index in [2.05, 4.69) is 0 Å². The van der Waals surface area contributed by atoms with Gasteiger partial charge in [-0.2, -0.15) is 8.42 Å². The number of hydrogen-bond acceptors (Lipinski definition) is 7. The molecular weight excluding hydrogens is 363 g/mol. The second-order valence-electron chi connectivity index (χ2n) is 6.46. The van der Waals surface area contributed by atoms with Gasteiger partial charge < -0.3 is 26.6 Å². The second-order valence-corrected chi connectivity index (χ2v) is 8.29. The third-order valence-corrected chi connectivity index (χ3v) is 6.15. The molecule has 2 unspecified atom stereocenters. The van der Waals surface area contributed by atoms with E-state index >= 15 is 0 Å². The topological polar surface area (TPSA) is 184 Å². The van der Waals surface area contributed by atoms with E-state index in [1.54, 1.807) is 25.2 Å². The molecule has 0 heterocycles. The molecule has 8 N–H and O–H groups in total. The molecule has 0 radical (unpaired) electrons. The van der Waals surface area contributed by atoms with E-state index in [-0.39, 0.29) is 24.7 Å². The SMILES string of the molecule is CC1C=CC=CC1(C)S(=O)(=O)O.NC[C@@H](CCCB(O)O)[C@H](N)C(=O)O. The van der Waals surface area contributed by atoms with Crippen molar-refractivity contribution < 1.29 is 32.9 Å². The highest BCUT2D eigenvalue weighted by Crippen LogP contribution is 2.30. The fraction of sp³-hybridized carbons (Fsp3) is 0.667.